The molecule has 2 aromatic rings. The summed E-state index contributed by atoms with van der Waals surface area (Å²) >= 11 is 0. The highest BCUT2D eigenvalue weighted by Gasteiger charge is 2.17. The van der Waals surface area contributed by atoms with Gasteiger partial charge in [-0.3, -0.25) is 0 Å². The van der Waals surface area contributed by atoms with Crippen molar-refractivity contribution in [1.82, 2.24) is 5.32 Å². The summed E-state index contributed by atoms with van der Waals surface area (Å²) in [5.41, 5.74) is 9.55. The first-order chi connectivity index (χ1) is 12.4. The number of aryl methyl sites for hydroxylation is 1. The highest BCUT2D eigenvalue weighted by atomic mass is 16.5. The monoisotopic (exact) mass is 356 g/mol. The Morgan fingerprint density at radius 3 is 2.04 bits per heavy atom. The lowest BCUT2D eigenvalue weighted by Crippen LogP contribution is -2.29. The molecule has 3 nitrogen and oxygen atoms in total. The minimum absolute atomic E-state index is 0.293. The van der Waals surface area contributed by atoms with Gasteiger partial charge in [0, 0.05) is 23.6 Å². The summed E-state index contributed by atoms with van der Waals surface area (Å²) < 4.78 is 5.51. The van der Waals surface area contributed by atoms with Gasteiger partial charge in [0.2, 0.25) is 0 Å². The molecule has 0 amide bonds. The van der Waals surface area contributed by atoms with Gasteiger partial charge in [-0.05, 0) is 31.5 Å². The smallest absolute Gasteiger partial charge is 0.122 e. The first-order valence-corrected chi connectivity index (χ1v) is 9.54. The Labute approximate surface area is 160 Å². The first-order valence-electron chi connectivity index (χ1n) is 9.54. The molecule has 144 valence electrons. The van der Waals surface area contributed by atoms with E-state index in [1.807, 2.05) is 12.1 Å². The van der Waals surface area contributed by atoms with E-state index in [2.05, 4.69) is 76.3 Å². The van der Waals surface area contributed by atoms with Crippen LogP contribution in [-0.2, 0) is 0 Å². The van der Waals surface area contributed by atoms with Crippen LogP contribution in [0.4, 0.5) is 0 Å². The Morgan fingerprint density at radius 1 is 0.962 bits per heavy atom. The van der Waals surface area contributed by atoms with Crippen molar-refractivity contribution >= 4 is 0 Å². The van der Waals surface area contributed by atoms with Gasteiger partial charge in [-0.15, -0.1) is 0 Å². The van der Waals surface area contributed by atoms with Crippen LogP contribution in [0.15, 0.2) is 48.5 Å². The number of benzene rings is 2. The number of nitrogens with two attached hydrogens (primary N) is 1. The van der Waals surface area contributed by atoms with Crippen molar-refractivity contribution in [3.63, 3.8) is 0 Å². The molecule has 26 heavy (non-hydrogen) atoms. The molecule has 0 aromatic heterocycles. The van der Waals surface area contributed by atoms with E-state index >= 15 is 0 Å². The van der Waals surface area contributed by atoms with E-state index in [0.29, 0.717) is 24.5 Å². The minimum atomic E-state index is 0.293. The van der Waals surface area contributed by atoms with Crippen molar-refractivity contribution < 1.29 is 4.74 Å². The zero-order valence-electron chi connectivity index (χ0n) is 17.3. The van der Waals surface area contributed by atoms with Crippen LogP contribution in [0.25, 0.3) is 0 Å². The highest BCUT2D eigenvalue weighted by molar-refractivity contribution is 5.44. The first kappa shape index (κ1) is 22.2. The Kier molecular flexibility index (Phi) is 10.0. The third kappa shape index (κ3) is 7.59. The predicted molar refractivity (Wildman–Crippen MR) is 113 cm³/mol. The molecule has 0 aliphatic heterocycles. The van der Waals surface area contributed by atoms with Crippen LogP contribution in [0, 0.1) is 6.92 Å². The van der Waals surface area contributed by atoms with Gasteiger partial charge in [0.1, 0.15) is 5.75 Å². The van der Waals surface area contributed by atoms with Crippen molar-refractivity contribution in [3.8, 4) is 5.75 Å². The molecule has 0 saturated heterocycles. The molecule has 0 fully saturated rings. The molecule has 0 spiro atoms. The number of hydrogen-bond donors (Lipinski definition) is 2. The largest absolute Gasteiger partial charge is 0.496 e. The van der Waals surface area contributed by atoms with Crippen LogP contribution < -0.4 is 15.8 Å². The van der Waals surface area contributed by atoms with Crippen molar-refractivity contribution in [3.05, 3.63) is 65.2 Å². The zero-order valence-corrected chi connectivity index (χ0v) is 17.3. The van der Waals surface area contributed by atoms with E-state index in [1.54, 1.807) is 7.11 Å². The summed E-state index contributed by atoms with van der Waals surface area (Å²) in [4.78, 5) is 0. The van der Waals surface area contributed by atoms with Gasteiger partial charge in [-0.2, -0.15) is 0 Å². The second-order valence-corrected chi connectivity index (χ2v) is 7.26. The van der Waals surface area contributed by atoms with Crippen LogP contribution in [0.5, 0.6) is 5.75 Å². The average Bonchev–Trinajstić information content (AvgIpc) is 2.60. The Morgan fingerprint density at radius 2 is 1.58 bits per heavy atom. The summed E-state index contributed by atoms with van der Waals surface area (Å²) in [6.07, 6.45) is 0.920. The zero-order chi connectivity index (χ0) is 19.5. The fourth-order valence-corrected chi connectivity index (χ4v) is 3.15. The molecule has 2 rings (SSSR count). The van der Waals surface area contributed by atoms with Crippen LogP contribution in [0.3, 0.4) is 0 Å². The Bertz CT molecular complexity index is 617. The number of nitrogens with one attached hydrogen (secondary N) is 1. The summed E-state index contributed by atoms with van der Waals surface area (Å²) in [6, 6.07) is 18.1. The predicted octanol–water partition coefficient (Wildman–Crippen LogP) is 4.88. The van der Waals surface area contributed by atoms with Gasteiger partial charge in [-0.1, -0.05) is 75.7 Å². The highest BCUT2D eigenvalue weighted by Crippen LogP contribution is 2.34. The topological polar surface area (TPSA) is 47.3 Å². The van der Waals surface area contributed by atoms with Gasteiger partial charge in [-0.25, -0.2) is 0 Å². The Hall–Kier alpha value is -1.84. The maximum atomic E-state index is 5.79. The Balaban J connectivity index is 0.000000412. The van der Waals surface area contributed by atoms with Crippen LogP contribution in [0.2, 0.25) is 0 Å². The van der Waals surface area contributed by atoms with Gasteiger partial charge in [0.05, 0.1) is 7.11 Å². The second-order valence-electron chi connectivity index (χ2n) is 7.26. The molecule has 1 atom stereocenters. The lowest BCUT2D eigenvalue weighted by molar-refractivity contribution is 0.406. The molecule has 0 radical (unpaired) electrons. The molecule has 0 aliphatic rings. The minimum Gasteiger partial charge on any atom is -0.496 e. The summed E-state index contributed by atoms with van der Waals surface area (Å²) in [6.45, 7) is 11.4. The summed E-state index contributed by atoms with van der Waals surface area (Å²) in [5.74, 6) is 1.23. The van der Waals surface area contributed by atoms with E-state index < -0.39 is 0 Å². The fraction of sp³-hybridized carbons (Fsp3) is 0.478. The maximum absolute atomic E-state index is 5.79. The summed E-state index contributed by atoms with van der Waals surface area (Å²) in [7, 11) is 1.72. The number of methoxy groups -OCH3 is 1. The van der Waals surface area contributed by atoms with Gasteiger partial charge in [0.25, 0.3) is 0 Å². The molecule has 2 aromatic carbocycles. The fourth-order valence-electron chi connectivity index (χ4n) is 3.15. The van der Waals surface area contributed by atoms with Crippen molar-refractivity contribution in [2.45, 2.75) is 59.0 Å². The maximum Gasteiger partial charge on any atom is 0.122 e. The number of ether oxygens (including phenoxy) is 1. The lowest BCUT2D eigenvalue weighted by atomic mass is 9.87. The van der Waals surface area contributed by atoms with Crippen molar-refractivity contribution in [2.75, 3.05) is 13.7 Å². The lowest BCUT2D eigenvalue weighted by Gasteiger charge is -2.20. The van der Waals surface area contributed by atoms with Gasteiger partial charge in [0.15, 0.2) is 0 Å². The number of hydrogen-bond acceptors (Lipinski definition) is 3. The van der Waals surface area contributed by atoms with E-state index in [-0.39, 0.29) is 0 Å². The van der Waals surface area contributed by atoms with Gasteiger partial charge >= 0.3 is 0 Å². The molecule has 1 unspecified atom stereocenters. The standard InChI is InChI=1S/C17H21NO.C6H15N/c1-13-8-9-17(19-2)16(12-13)15(10-11-18)14-6-4-3-5-7-14;1-5(2)7-6(3)4/h3-9,12,15H,10-11,18H2,1-2H3;5-7H,1-4H3. The van der Waals surface area contributed by atoms with Gasteiger partial charge < -0.3 is 15.8 Å². The van der Waals surface area contributed by atoms with Crippen LogP contribution >= 0.6 is 0 Å². The molecule has 0 heterocycles. The number of rotatable bonds is 7. The average molecular weight is 357 g/mol. The third-order valence-corrected chi connectivity index (χ3v) is 4.08. The van der Waals surface area contributed by atoms with E-state index in [1.165, 1.54) is 16.7 Å². The molecule has 0 aliphatic carbocycles. The molecule has 0 bridgehead atoms. The molecule has 0 saturated carbocycles. The molecular weight excluding hydrogens is 320 g/mol. The molecular formula is C23H36N2O. The molecule has 3 heteroatoms. The SMILES string of the molecule is CC(C)NC(C)C.COc1ccc(C)cc1C(CCN)c1ccccc1. The van der Waals surface area contributed by atoms with Crippen molar-refractivity contribution in [2.24, 2.45) is 5.73 Å². The van der Waals surface area contributed by atoms with Crippen molar-refractivity contribution in [1.29, 1.82) is 0 Å². The third-order valence-electron chi connectivity index (χ3n) is 4.08. The second kappa shape index (κ2) is 11.7. The van der Waals surface area contributed by atoms with E-state index in [4.69, 9.17) is 10.5 Å². The van der Waals surface area contributed by atoms with E-state index in [9.17, 15) is 0 Å². The van der Waals surface area contributed by atoms with Crippen LogP contribution in [0.1, 0.15) is 56.7 Å². The summed E-state index contributed by atoms with van der Waals surface area (Å²) in [5, 5.41) is 3.31. The van der Waals surface area contributed by atoms with E-state index in [0.717, 1.165) is 12.2 Å². The molecule has 3 N–H and O–H groups in total. The van der Waals surface area contributed by atoms with Crippen LogP contribution in [-0.4, -0.2) is 25.7 Å². The quantitative estimate of drug-likeness (QED) is 0.743. The normalized spacial score (nSPS) is 11.9.